The van der Waals surface area contributed by atoms with E-state index in [0.717, 1.165) is 30.6 Å². The van der Waals surface area contributed by atoms with Gasteiger partial charge >= 0.3 is 0 Å². The van der Waals surface area contributed by atoms with Gasteiger partial charge in [0.25, 0.3) is 5.91 Å². The van der Waals surface area contributed by atoms with Crippen LogP contribution in [0.25, 0.3) is 6.08 Å². The summed E-state index contributed by atoms with van der Waals surface area (Å²) < 4.78 is 22.1. The lowest BCUT2D eigenvalue weighted by molar-refractivity contribution is -0.118. The van der Waals surface area contributed by atoms with E-state index in [4.69, 9.17) is 18.9 Å². The summed E-state index contributed by atoms with van der Waals surface area (Å²) in [6, 6.07) is 13.1. The minimum atomic E-state index is -0.335. The minimum Gasteiger partial charge on any atom is -0.493 e. The fourth-order valence-corrected chi connectivity index (χ4v) is 4.18. The summed E-state index contributed by atoms with van der Waals surface area (Å²) in [6.07, 6.45) is 5.92. The Balaban J connectivity index is 1.44. The molecule has 1 aliphatic carbocycles. The first-order valence-electron chi connectivity index (χ1n) is 11.2. The summed E-state index contributed by atoms with van der Waals surface area (Å²) in [7, 11) is 1.55. The van der Waals surface area contributed by atoms with E-state index in [1.807, 2.05) is 24.3 Å². The van der Waals surface area contributed by atoms with Gasteiger partial charge in [-0.05, 0) is 60.2 Å². The van der Waals surface area contributed by atoms with Crippen LogP contribution in [-0.4, -0.2) is 25.9 Å². The number of amides is 1. The van der Waals surface area contributed by atoms with Gasteiger partial charge < -0.3 is 24.3 Å². The smallest absolute Gasteiger partial charge is 0.262 e. The number of rotatable bonds is 7. The van der Waals surface area contributed by atoms with Crippen LogP contribution in [0.5, 0.6) is 23.0 Å². The molecule has 7 nitrogen and oxygen atoms in total. The third-order valence-electron chi connectivity index (χ3n) is 6.12. The molecule has 0 saturated heterocycles. The predicted molar refractivity (Wildman–Crippen MR) is 123 cm³/mol. The molecular weight excluding hydrogens is 420 g/mol. The number of methoxy groups -OCH3 is 1. The van der Waals surface area contributed by atoms with Crippen molar-refractivity contribution < 1.29 is 23.7 Å². The molecule has 1 heterocycles. The Hall–Kier alpha value is -3.66. The van der Waals surface area contributed by atoms with Crippen molar-refractivity contribution in [2.75, 3.05) is 13.9 Å². The average molecular weight is 449 g/mol. The predicted octanol–water partition coefficient (Wildman–Crippen LogP) is 4.60. The molecule has 0 aromatic heterocycles. The van der Waals surface area contributed by atoms with Crippen LogP contribution in [0.4, 0.5) is 0 Å². The summed E-state index contributed by atoms with van der Waals surface area (Å²) in [5.41, 5.74) is 1.69. The maximum Gasteiger partial charge on any atom is 0.262 e. The van der Waals surface area contributed by atoms with Crippen molar-refractivity contribution in [2.24, 2.45) is 5.92 Å². The molecule has 2 aromatic carbocycles. The number of fused-ring (bicyclic) bond motifs is 1. The Labute approximate surface area is 193 Å². The van der Waals surface area contributed by atoms with Crippen LogP contribution in [0.1, 0.15) is 43.7 Å². The third kappa shape index (κ3) is 5.40. The lowest BCUT2D eigenvalue weighted by Gasteiger charge is -2.29. The molecule has 1 amide bonds. The molecule has 0 unspecified atom stereocenters. The molecule has 2 aliphatic rings. The minimum absolute atomic E-state index is 0.0730. The summed E-state index contributed by atoms with van der Waals surface area (Å²) in [4.78, 5) is 12.7. The van der Waals surface area contributed by atoms with Gasteiger partial charge in [-0.2, -0.15) is 5.26 Å². The molecule has 33 heavy (non-hydrogen) atoms. The molecular formula is C26H28N2O5. The first-order chi connectivity index (χ1) is 16.1. The van der Waals surface area contributed by atoms with Gasteiger partial charge in [0.05, 0.1) is 7.11 Å². The van der Waals surface area contributed by atoms with Crippen LogP contribution in [0, 0.1) is 17.2 Å². The molecule has 1 aliphatic heterocycles. The van der Waals surface area contributed by atoms with E-state index >= 15 is 0 Å². The second-order valence-electron chi connectivity index (χ2n) is 8.40. The van der Waals surface area contributed by atoms with Crippen molar-refractivity contribution in [1.82, 2.24) is 5.32 Å². The van der Waals surface area contributed by atoms with Gasteiger partial charge in [0.2, 0.25) is 6.79 Å². The Morgan fingerprint density at radius 1 is 1.15 bits per heavy atom. The summed E-state index contributed by atoms with van der Waals surface area (Å²) >= 11 is 0. The first-order valence-corrected chi connectivity index (χ1v) is 11.2. The van der Waals surface area contributed by atoms with Crippen molar-refractivity contribution in [3.8, 4) is 29.1 Å². The number of hydrogen-bond donors (Lipinski definition) is 1. The fraction of sp³-hybridized carbons (Fsp3) is 0.385. The van der Waals surface area contributed by atoms with Gasteiger partial charge in [-0.15, -0.1) is 0 Å². The van der Waals surface area contributed by atoms with E-state index < -0.39 is 0 Å². The van der Waals surface area contributed by atoms with Gasteiger partial charge in [0, 0.05) is 6.04 Å². The van der Waals surface area contributed by atoms with Crippen LogP contribution in [0.15, 0.2) is 42.0 Å². The van der Waals surface area contributed by atoms with E-state index in [1.165, 1.54) is 6.42 Å². The maximum atomic E-state index is 12.7. The number of nitrogens with one attached hydrogen (secondary N) is 1. The van der Waals surface area contributed by atoms with Crippen molar-refractivity contribution in [3.63, 3.8) is 0 Å². The number of hydrogen-bond acceptors (Lipinski definition) is 6. The van der Waals surface area contributed by atoms with E-state index in [9.17, 15) is 10.1 Å². The van der Waals surface area contributed by atoms with Crippen LogP contribution >= 0.6 is 0 Å². The highest BCUT2D eigenvalue weighted by molar-refractivity contribution is 6.01. The Bertz CT molecular complexity index is 1090. The SMILES string of the molecule is COc1cc(/C=C(\C#N)C(=O)N[C@@H]2CCCC[C@H]2C)ccc1OCc1ccc2c(c1)OCO2. The molecule has 172 valence electrons. The van der Waals surface area contributed by atoms with E-state index in [2.05, 4.69) is 12.2 Å². The van der Waals surface area contributed by atoms with Crippen molar-refractivity contribution in [1.29, 1.82) is 5.26 Å². The number of ether oxygens (including phenoxy) is 4. The van der Waals surface area contributed by atoms with E-state index in [-0.39, 0.29) is 24.3 Å². The van der Waals surface area contributed by atoms with Crippen molar-refractivity contribution in [2.45, 2.75) is 45.3 Å². The van der Waals surface area contributed by atoms with Gasteiger partial charge in [-0.1, -0.05) is 31.9 Å². The third-order valence-corrected chi connectivity index (χ3v) is 6.12. The zero-order valence-electron chi connectivity index (χ0n) is 18.9. The van der Waals surface area contributed by atoms with Crippen LogP contribution < -0.4 is 24.3 Å². The zero-order chi connectivity index (χ0) is 23.2. The van der Waals surface area contributed by atoms with Crippen LogP contribution in [0.2, 0.25) is 0 Å². The maximum absolute atomic E-state index is 12.7. The van der Waals surface area contributed by atoms with Crippen molar-refractivity contribution in [3.05, 3.63) is 53.1 Å². The van der Waals surface area contributed by atoms with E-state index in [0.29, 0.717) is 35.3 Å². The van der Waals surface area contributed by atoms with Gasteiger partial charge in [0.15, 0.2) is 23.0 Å². The highest BCUT2D eigenvalue weighted by atomic mass is 16.7. The first kappa shape index (κ1) is 22.5. The van der Waals surface area contributed by atoms with Gasteiger partial charge in [-0.3, -0.25) is 4.79 Å². The average Bonchev–Trinajstić information content (AvgIpc) is 3.30. The summed E-state index contributed by atoms with van der Waals surface area (Å²) in [5, 5.41) is 12.6. The molecule has 0 spiro atoms. The summed E-state index contributed by atoms with van der Waals surface area (Å²) in [5.74, 6) is 2.59. The highest BCUT2D eigenvalue weighted by Gasteiger charge is 2.24. The molecule has 4 rings (SSSR count). The standard InChI is InChI=1S/C26H28N2O5/c1-17-5-3-4-6-21(17)28-26(29)20(14-27)11-18-7-9-22(24(12-18)30-2)31-15-19-8-10-23-25(13-19)33-16-32-23/h7-13,17,21H,3-6,15-16H2,1-2H3,(H,28,29)/b20-11+/t17-,21-/m1/s1. The molecule has 7 heteroatoms. The second kappa shape index (κ2) is 10.3. The van der Waals surface area contributed by atoms with Crippen LogP contribution in [-0.2, 0) is 11.4 Å². The molecule has 1 N–H and O–H groups in total. The fourth-order valence-electron chi connectivity index (χ4n) is 4.18. The molecule has 2 atom stereocenters. The molecule has 0 radical (unpaired) electrons. The Morgan fingerprint density at radius 2 is 1.97 bits per heavy atom. The van der Waals surface area contributed by atoms with Crippen LogP contribution in [0.3, 0.4) is 0 Å². The zero-order valence-corrected chi connectivity index (χ0v) is 18.9. The quantitative estimate of drug-likeness (QED) is 0.492. The van der Waals surface area contributed by atoms with E-state index in [1.54, 1.807) is 31.4 Å². The Morgan fingerprint density at radius 3 is 2.76 bits per heavy atom. The lowest BCUT2D eigenvalue weighted by atomic mass is 9.86. The topological polar surface area (TPSA) is 89.8 Å². The molecule has 2 aromatic rings. The molecule has 1 fully saturated rings. The molecule has 0 bridgehead atoms. The number of nitrogens with zero attached hydrogens (tertiary/aromatic N) is 1. The van der Waals surface area contributed by atoms with Crippen molar-refractivity contribution >= 4 is 12.0 Å². The monoisotopic (exact) mass is 448 g/mol. The highest BCUT2D eigenvalue weighted by Crippen LogP contribution is 2.34. The molecule has 1 saturated carbocycles. The van der Waals surface area contributed by atoms with Gasteiger partial charge in [0.1, 0.15) is 18.2 Å². The number of carbonyl (C=O) groups is 1. The summed E-state index contributed by atoms with van der Waals surface area (Å²) in [6.45, 7) is 2.70. The normalized spacial score (nSPS) is 19.5. The number of carbonyl (C=O) groups excluding carboxylic acids is 1. The largest absolute Gasteiger partial charge is 0.493 e. The second-order valence-corrected chi connectivity index (χ2v) is 8.40. The number of nitriles is 1. The Kier molecular flexibility index (Phi) is 7.04. The van der Waals surface area contributed by atoms with Gasteiger partial charge in [-0.25, -0.2) is 0 Å². The lowest BCUT2D eigenvalue weighted by Crippen LogP contribution is -2.41. The number of benzene rings is 2.